The molecule has 0 heterocycles. The maximum Gasteiger partial charge on any atom is 0.177 e. The van der Waals surface area contributed by atoms with Crippen molar-refractivity contribution in [3.8, 4) is 0 Å². The van der Waals surface area contributed by atoms with Crippen molar-refractivity contribution in [2.24, 2.45) is 0 Å². The van der Waals surface area contributed by atoms with E-state index in [1.807, 2.05) is 52.8 Å². The molecule has 0 bridgehead atoms. The highest BCUT2D eigenvalue weighted by molar-refractivity contribution is 5.17. The van der Waals surface area contributed by atoms with Crippen LogP contribution in [-0.2, 0) is 18.9 Å². The third-order valence-electron chi connectivity index (χ3n) is 2.24. The van der Waals surface area contributed by atoms with Gasteiger partial charge >= 0.3 is 0 Å². The van der Waals surface area contributed by atoms with Crippen molar-refractivity contribution in [1.29, 1.82) is 0 Å². The van der Waals surface area contributed by atoms with Gasteiger partial charge in [0.25, 0.3) is 0 Å². The zero-order chi connectivity index (χ0) is 14.5. The van der Waals surface area contributed by atoms with E-state index in [0.717, 1.165) is 5.57 Å². The summed E-state index contributed by atoms with van der Waals surface area (Å²) in [5, 5.41) is 0. The third kappa shape index (κ3) is 9.85. The van der Waals surface area contributed by atoms with Gasteiger partial charge in [-0.05, 0) is 46.8 Å². The number of rotatable bonds is 11. The molecule has 0 aliphatic heterocycles. The van der Waals surface area contributed by atoms with Crippen LogP contribution >= 0.6 is 0 Å². The Morgan fingerprint density at radius 2 is 1.21 bits per heavy atom. The molecule has 0 amide bonds. The second kappa shape index (κ2) is 12.4. The fourth-order valence-corrected chi connectivity index (χ4v) is 1.46. The molecule has 0 aromatic heterocycles. The van der Waals surface area contributed by atoms with Crippen LogP contribution in [0.5, 0.6) is 0 Å². The molecular weight excluding hydrogens is 244 g/mol. The van der Waals surface area contributed by atoms with Gasteiger partial charge in [0.05, 0.1) is 0 Å². The Bertz CT molecular complexity index is 249. The lowest BCUT2D eigenvalue weighted by Gasteiger charge is -2.14. The normalized spacial score (nSPS) is 13.1. The van der Waals surface area contributed by atoms with Crippen molar-refractivity contribution in [1.82, 2.24) is 0 Å². The van der Waals surface area contributed by atoms with E-state index < -0.39 is 0 Å². The van der Waals surface area contributed by atoms with Crippen LogP contribution in [0.25, 0.3) is 0 Å². The summed E-state index contributed by atoms with van der Waals surface area (Å²) in [7, 11) is 0. The monoisotopic (exact) mass is 272 g/mol. The fourth-order valence-electron chi connectivity index (χ4n) is 1.46. The van der Waals surface area contributed by atoms with E-state index in [1.165, 1.54) is 0 Å². The summed E-state index contributed by atoms with van der Waals surface area (Å²) >= 11 is 0. The number of allylic oxidation sites excluding steroid dienone is 2. The van der Waals surface area contributed by atoms with E-state index in [1.54, 1.807) is 0 Å². The molecule has 0 radical (unpaired) electrons. The van der Waals surface area contributed by atoms with Gasteiger partial charge in [0.2, 0.25) is 0 Å². The molecule has 0 rings (SSSR count). The summed E-state index contributed by atoms with van der Waals surface area (Å²) in [5.74, 6) is 0. The second-order valence-corrected chi connectivity index (χ2v) is 3.83. The van der Waals surface area contributed by atoms with Gasteiger partial charge in [0, 0.05) is 26.4 Å². The van der Waals surface area contributed by atoms with Crippen molar-refractivity contribution >= 4 is 0 Å². The highest BCUT2D eigenvalue weighted by Crippen LogP contribution is 2.06. The molecule has 0 saturated heterocycles. The summed E-state index contributed by atoms with van der Waals surface area (Å²) < 4.78 is 21.8. The smallest absolute Gasteiger partial charge is 0.177 e. The van der Waals surface area contributed by atoms with Crippen LogP contribution in [0.15, 0.2) is 23.8 Å². The molecule has 19 heavy (non-hydrogen) atoms. The van der Waals surface area contributed by atoms with Crippen LogP contribution in [0, 0.1) is 0 Å². The Kier molecular flexibility index (Phi) is 11.9. The molecule has 0 unspecified atom stereocenters. The Balaban J connectivity index is 4.46. The second-order valence-electron chi connectivity index (χ2n) is 3.83. The summed E-state index contributed by atoms with van der Waals surface area (Å²) in [4.78, 5) is 0. The first-order valence-electron chi connectivity index (χ1n) is 7.00. The Morgan fingerprint density at radius 1 is 0.789 bits per heavy atom. The van der Waals surface area contributed by atoms with Crippen LogP contribution in [0.2, 0.25) is 0 Å². The topological polar surface area (TPSA) is 36.9 Å². The van der Waals surface area contributed by atoms with Crippen LogP contribution in [0.4, 0.5) is 0 Å². The Labute approximate surface area is 117 Å². The highest BCUT2D eigenvalue weighted by atomic mass is 16.7. The molecule has 4 nitrogen and oxygen atoms in total. The van der Waals surface area contributed by atoms with E-state index in [4.69, 9.17) is 18.9 Å². The molecule has 112 valence electrons. The minimum absolute atomic E-state index is 0.294. The maximum atomic E-state index is 5.46. The van der Waals surface area contributed by atoms with Crippen molar-refractivity contribution in [3.05, 3.63) is 23.8 Å². The summed E-state index contributed by atoms with van der Waals surface area (Å²) in [6, 6.07) is 0. The van der Waals surface area contributed by atoms with Crippen molar-refractivity contribution in [2.75, 3.05) is 26.4 Å². The van der Waals surface area contributed by atoms with Crippen LogP contribution in [0.1, 0.15) is 34.6 Å². The van der Waals surface area contributed by atoms with Gasteiger partial charge in [0.1, 0.15) is 0 Å². The standard InChI is InChI=1S/C15H28O4/c1-6-16-14(17-7-2)11-10-13(5)12-15(18-8-3)19-9-4/h10-12,14-15H,6-9H2,1-5H3. The maximum absolute atomic E-state index is 5.46. The van der Waals surface area contributed by atoms with Gasteiger partial charge in [-0.25, -0.2) is 0 Å². The van der Waals surface area contributed by atoms with Gasteiger partial charge in [-0.1, -0.05) is 11.6 Å². The van der Waals surface area contributed by atoms with Crippen LogP contribution < -0.4 is 0 Å². The Hall–Kier alpha value is -0.680. The zero-order valence-electron chi connectivity index (χ0n) is 12.8. The lowest BCUT2D eigenvalue weighted by atomic mass is 10.2. The van der Waals surface area contributed by atoms with Crippen LogP contribution in [0.3, 0.4) is 0 Å². The average molecular weight is 272 g/mol. The predicted molar refractivity (Wildman–Crippen MR) is 77.0 cm³/mol. The van der Waals surface area contributed by atoms with E-state index in [0.29, 0.717) is 26.4 Å². The molecule has 0 N–H and O–H groups in total. The summed E-state index contributed by atoms with van der Waals surface area (Å²) in [6.45, 7) is 12.3. The lowest BCUT2D eigenvalue weighted by Crippen LogP contribution is -2.15. The van der Waals surface area contributed by atoms with E-state index in [9.17, 15) is 0 Å². The summed E-state index contributed by atoms with van der Waals surface area (Å²) in [6.07, 6.45) is 5.21. The number of hydrogen-bond acceptors (Lipinski definition) is 4. The van der Waals surface area contributed by atoms with Crippen molar-refractivity contribution in [3.63, 3.8) is 0 Å². The fraction of sp³-hybridized carbons (Fsp3) is 0.733. The Morgan fingerprint density at radius 3 is 1.63 bits per heavy atom. The first kappa shape index (κ1) is 18.3. The molecule has 0 aromatic carbocycles. The molecule has 4 heteroatoms. The van der Waals surface area contributed by atoms with Gasteiger partial charge in [-0.2, -0.15) is 0 Å². The molecular formula is C15H28O4. The minimum atomic E-state index is -0.295. The van der Waals surface area contributed by atoms with Gasteiger partial charge in [0.15, 0.2) is 12.6 Å². The zero-order valence-corrected chi connectivity index (χ0v) is 12.8. The van der Waals surface area contributed by atoms with Gasteiger partial charge < -0.3 is 18.9 Å². The van der Waals surface area contributed by atoms with Crippen molar-refractivity contribution in [2.45, 2.75) is 47.2 Å². The third-order valence-corrected chi connectivity index (χ3v) is 2.24. The minimum Gasteiger partial charge on any atom is -0.349 e. The van der Waals surface area contributed by atoms with Crippen molar-refractivity contribution < 1.29 is 18.9 Å². The van der Waals surface area contributed by atoms with E-state index in [2.05, 4.69) is 0 Å². The average Bonchev–Trinajstić information content (AvgIpc) is 2.37. The molecule has 0 aliphatic carbocycles. The number of ether oxygens (including phenoxy) is 4. The van der Waals surface area contributed by atoms with E-state index >= 15 is 0 Å². The molecule has 0 fully saturated rings. The van der Waals surface area contributed by atoms with Gasteiger partial charge in [-0.3, -0.25) is 0 Å². The molecule has 0 atom stereocenters. The quantitative estimate of drug-likeness (QED) is 0.427. The van der Waals surface area contributed by atoms with Gasteiger partial charge in [-0.15, -0.1) is 0 Å². The molecule has 0 aliphatic rings. The van der Waals surface area contributed by atoms with E-state index in [-0.39, 0.29) is 12.6 Å². The number of hydrogen-bond donors (Lipinski definition) is 0. The SMILES string of the molecule is CCOC(C=CC(C)=CC(OCC)OCC)OCC. The molecule has 0 aromatic rings. The largest absolute Gasteiger partial charge is 0.349 e. The molecule has 0 saturated carbocycles. The predicted octanol–water partition coefficient (Wildman–Crippen LogP) is 3.29. The highest BCUT2D eigenvalue weighted by Gasteiger charge is 2.04. The molecule has 0 spiro atoms. The lowest BCUT2D eigenvalue weighted by molar-refractivity contribution is -0.105. The van der Waals surface area contributed by atoms with Crippen LogP contribution in [-0.4, -0.2) is 39.0 Å². The summed E-state index contributed by atoms with van der Waals surface area (Å²) in [5.41, 5.74) is 1.05. The first-order valence-corrected chi connectivity index (χ1v) is 7.00. The first-order chi connectivity index (χ1) is 9.17.